The van der Waals surface area contributed by atoms with Crippen molar-refractivity contribution in [2.75, 3.05) is 21.3 Å². The van der Waals surface area contributed by atoms with Crippen molar-refractivity contribution in [3.63, 3.8) is 0 Å². The van der Waals surface area contributed by atoms with Crippen molar-refractivity contribution < 1.29 is 43.4 Å². The van der Waals surface area contributed by atoms with Gasteiger partial charge in [0.05, 0.1) is 43.3 Å². The van der Waals surface area contributed by atoms with Crippen molar-refractivity contribution in [2.45, 2.75) is 52.1 Å². The molecular formula is C30H34N2O10. The van der Waals surface area contributed by atoms with E-state index in [4.69, 9.17) is 24.1 Å². The molecular weight excluding hydrogens is 548 g/mol. The third-order valence-electron chi connectivity index (χ3n) is 7.03. The molecule has 2 aliphatic rings. The number of rotatable bonds is 6. The molecule has 0 fully saturated rings. The Kier molecular flexibility index (Phi) is 9.61. The van der Waals surface area contributed by atoms with Gasteiger partial charge in [-0.05, 0) is 52.7 Å². The van der Waals surface area contributed by atoms with Gasteiger partial charge in [0.25, 0.3) is 5.69 Å². The van der Waals surface area contributed by atoms with Crippen LogP contribution < -0.4 is 14.8 Å². The third-order valence-corrected chi connectivity index (χ3v) is 7.03. The lowest BCUT2D eigenvalue weighted by Crippen LogP contribution is -2.32. The van der Waals surface area contributed by atoms with Gasteiger partial charge in [0.1, 0.15) is 22.7 Å². The number of fused-ring (bicyclic) bond motifs is 1. The molecule has 0 amide bonds. The number of hydrogen-bond donors (Lipinski definition) is 2. The molecule has 0 saturated heterocycles. The molecule has 2 heterocycles. The molecule has 0 atom stereocenters. The van der Waals surface area contributed by atoms with E-state index < -0.39 is 28.7 Å². The first-order valence-electron chi connectivity index (χ1n) is 13.0. The quantitative estimate of drug-likeness (QED) is 0.276. The van der Waals surface area contributed by atoms with Gasteiger partial charge in [0.15, 0.2) is 0 Å². The van der Waals surface area contributed by atoms with Crippen LogP contribution in [0.15, 0.2) is 58.9 Å². The molecule has 2 N–H and O–H groups in total. The Morgan fingerprint density at radius 3 is 2.07 bits per heavy atom. The van der Waals surface area contributed by atoms with Crippen LogP contribution in [0.3, 0.4) is 0 Å². The summed E-state index contributed by atoms with van der Waals surface area (Å²) in [7, 11) is 3.91. The molecule has 0 aromatic heterocycles. The molecule has 0 unspecified atom stereocenters. The van der Waals surface area contributed by atoms with Crippen LogP contribution in [0.1, 0.15) is 61.5 Å². The van der Waals surface area contributed by atoms with E-state index in [-0.39, 0.29) is 33.6 Å². The summed E-state index contributed by atoms with van der Waals surface area (Å²) in [4.78, 5) is 46.6. The van der Waals surface area contributed by atoms with Gasteiger partial charge in [0, 0.05) is 28.6 Å². The van der Waals surface area contributed by atoms with E-state index in [2.05, 4.69) is 5.32 Å². The molecule has 12 heteroatoms. The minimum Gasteiger partial charge on any atom is -0.495 e. The lowest BCUT2D eigenvalue weighted by Gasteiger charge is -2.33. The van der Waals surface area contributed by atoms with Gasteiger partial charge in [-0.2, -0.15) is 0 Å². The molecule has 0 radical (unpaired) electrons. The first-order valence-corrected chi connectivity index (χ1v) is 13.0. The number of nitrogens with zero attached hydrogens (tertiary/aromatic N) is 1. The number of allylic oxidation sites excluding steroid dienone is 2. The fraction of sp³-hybridized carbons (Fsp3) is 0.367. The number of esters is 2. The first kappa shape index (κ1) is 31.7. The maximum absolute atomic E-state index is 12.3. The van der Waals surface area contributed by atoms with Crippen molar-refractivity contribution >= 4 is 23.6 Å². The number of carboxylic acids is 1. The Labute approximate surface area is 243 Å². The second kappa shape index (κ2) is 12.8. The maximum Gasteiger partial charge on any atom is 0.339 e. The van der Waals surface area contributed by atoms with Crippen LogP contribution in [0, 0.1) is 10.1 Å². The van der Waals surface area contributed by atoms with Gasteiger partial charge in [-0.15, -0.1) is 0 Å². The number of nitro benzene ring substituents is 1. The zero-order valence-electron chi connectivity index (χ0n) is 24.5. The molecule has 4 rings (SSSR count). The second-order valence-corrected chi connectivity index (χ2v) is 10.2. The van der Waals surface area contributed by atoms with E-state index in [1.165, 1.54) is 45.6 Å². The first-order chi connectivity index (χ1) is 19.8. The molecule has 0 spiro atoms. The number of carboxylic acid groups (broad SMARTS) is 1. The largest absolute Gasteiger partial charge is 0.495 e. The number of aromatic carboxylic acids is 1. The van der Waals surface area contributed by atoms with Crippen LogP contribution in [-0.2, 0) is 25.5 Å². The maximum atomic E-state index is 12.3. The molecule has 0 saturated carbocycles. The van der Waals surface area contributed by atoms with Crippen LogP contribution in [0.5, 0.6) is 11.5 Å². The Morgan fingerprint density at radius 1 is 1.00 bits per heavy atom. The summed E-state index contributed by atoms with van der Waals surface area (Å²) in [5, 5.41) is 23.5. The number of methoxy groups -OCH3 is 3. The number of hydrogen-bond acceptors (Lipinski definition) is 10. The number of nitrogens with one attached hydrogen (secondary N) is 1. The Hall–Kier alpha value is -4.87. The van der Waals surface area contributed by atoms with Gasteiger partial charge < -0.3 is 29.4 Å². The number of ether oxygens (including phenoxy) is 4. The number of dihydropyridines is 1. The zero-order chi connectivity index (χ0) is 31.4. The number of para-hydroxylation sites is 1. The summed E-state index contributed by atoms with van der Waals surface area (Å²) >= 11 is 0. The molecule has 0 aliphatic carbocycles. The highest BCUT2D eigenvalue weighted by molar-refractivity contribution is 6.00. The van der Waals surface area contributed by atoms with Gasteiger partial charge in [-0.1, -0.05) is 18.2 Å². The lowest BCUT2D eigenvalue weighted by atomic mass is 9.79. The van der Waals surface area contributed by atoms with Crippen molar-refractivity contribution in [3.05, 3.63) is 85.7 Å². The highest BCUT2D eigenvalue weighted by Crippen LogP contribution is 2.43. The molecule has 224 valence electrons. The van der Waals surface area contributed by atoms with E-state index in [0.29, 0.717) is 17.1 Å². The number of carbonyl (C=O) groups excluding carboxylic acids is 2. The molecule has 2 aromatic carbocycles. The van der Waals surface area contributed by atoms with Crippen molar-refractivity contribution in [1.29, 1.82) is 0 Å². The molecule has 42 heavy (non-hydrogen) atoms. The Bertz CT molecular complexity index is 1450. The zero-order valence-corrected chi connectivity index (χ0v) is 24.5. The summed E-state index contributed by atoms with van der Waals surface area (Å²) in [6, 6.07) is 9.21. The Morgan fingerprint density at radius 2 is 1.57 bits per heavy atom. The van der Waals surface area contributed by atoms with Gasteiger partial charge in [-0.25, -0.2) is 14.4 Å². The molecule has 0 bridgehead atoms. The Balaban J connectivity index is 0.000000247. The summed E-state index contributed by atoms with van der Waals surface area (Å²) < 4.78 is 20.7. The standard InChI is InChI=1S/C17H18N2O6.C13H16O4/c1-9-13(16(20)24-3)15(14(10(2)18-9)17(21)25-4)11-7-5-6-8-12(11)19(22)23;1-13(2)7-6-8-10(17-13)5-4-9(12(14)15)11(8)16-3/h5-8,15,18H,1-4H3;4-5H,6-7H2,1-3H3,(H,14,15). The fourth-order valence-electron chi connectivity index (χ4n) is 5.08. The average molecular weight is 583 g/mol. The molecule has 12 nitrogen and oxygen atoms in total. The monoisotopic (exact) mass is 582 g/mol. The molecule has 2 aliphatic heterocycles. The summed E-state index contributed by atoms with van der Waals surface area (Å²) in [6.45, 7) is 7.33. The van der Waals surface area contributed by atoms with Gasteiger partial charge in [-0.3, -0.25) is 10.1 Å². The van der Waals surface area contributed by atoms with Crippen LogP contribution in [0.25, 0.3) is 0 Å². The van der Waals surface area contributed by atoms with Gasteiger partial charge >= 0.3 is 17.9 Å². The average Bonchev–Trinajstić information content (AvgIpc) is 2.94. The van der Waals surface area contributed by atoms with E-state index in [1.807, 2.05) is 13.8 Å². The van der Waals surface area contributed by atoms with E-state index in [9.17, 15) is 24.5 Å². The highest BCUT2D eigenvalue weighted by Gasteiger charge is 2.40. The van der Waals surface area contributed by atoms with E-state index >= 15 is 0 Å². The highest BCUT2D eigenvalue weighted by atomic mass is 16.6. The number of nitro groups is 1. The van der Waals surface area contributed by atoms with Crippen molar-refractivity contribution in [3.8, 4) is 11.5 Å². The van der Waals surface area contributed by atoms with E-state index in [0.717, 1.165) is 24.2 Å². The lowest BCUT2D eigenvalue weighted by molar-refractivity contribution is -0.385. The van der Waals surface area contributed by atoms with Crippen molar-refractivity contribution in [1.82, 2.24) is 5.32 Å². The van der Waals surface area contributed by atoms with Crippen LogP contribution in [-0.4, -0.2) is 54.9 Å². The van der Waals surface area contributed by atoms with Crippen LogP contribution in [0.2, 0.25) is 0 Å². The normalized spacial score (nSPS) is 15.7. The number of carbonyl (C=O) groups is 3. The van der Waals surface area contributed by atoms with Crippen LogP contribution >= 0.6 is 0 Å². The van der Waals surface area contributed by atoms with E-state index in [1.54, 1.807) is 26.0 Å². The minimum absolute atomic E-state index is 0.128. The van der Waals surface area contributed by atoms with Crippen LogP contribution in [0.4, 0.5) is 5.69 Å². The van der Waals surface area contributed by atoms with Gasteiger partial charge in [0.2, 0.25) is 0 Å². The second-order valence-electron chi connectivity index (χ2n) is 10.2. The minimum atomic E-state index is -0.977. The summed E-state index contributed by atoms with van der Waals surface area (Å²) in [5.74, 6) is -2.16. The molecule has 2 aromatic rings. The predicted molar refractivity (Wildman–Crippen MR) is 151 cm³/mol. The SMILES string of the molecule is COC(=O)C1=C(C)NC(C)=C(C(=O)OC)C1c1ccccc1[N+](=O)[O-].COc1c(C(=O)O)ccc2c1CCC(C)(C)O2. The smallest absolute Gasteiger partial charge is 0.339 e. The third kappa shape index (κ3) is 6.37. The summed E-state index contributed by atoms with van der Waals surface area (Å²) in [5.41, 5.74) is 2.03. The van der Waals surface area contributed by atoms with Crippen molar-refractivity contribution in [2.24, 2.45) is 0 Å². The fourth-order valence-corrected chi connectivity index (χ4v) is 5.08. The predicted octanol–water partition coefficient (Wildman–Crippen LogP) is 4.67. The topological polar surface area (TPSA) is 164 Å². The number of benzene rings is 2. The summed E-state index contributed by atoms with van der Waals surface area (Å²) in [6.07, 6.45) is 1.62.